The molecule has 1 atom stereocenters. The number of aromatic nitrogens is 1. The highest BCUT2D eigenvalue weighted by Gasteiger charge is 2.20. The molecule has 1 heterocycles. The molecule has 2 aromatic rings. The van der Waals surface area contributed by atoms with Crippen molar-refractivity contribution >= 4 is 16.9 Å². The van der Waals surface area contributed by atoms with Gasteiger partial charge in [0, 0.05) is 18.0 Å². The first-order valence-corrected chi connectivity index (χ1v) is 4.97. The topological polar surface area (TPSA) is 62.5 Å². The van der Waals surface area contributed by atoms with E-state index in [2.05, 4.69) is 0 Å². The number of aliphatic hydroxyl groups is 1. The highest BCUT2D eigenvalue weighted by atomic mass is 16.4. The molecule has 0 aliphatic rings. The summed E-state index contributed by atoms with van der Waals surface area (Å²) < 4.78 is 1.70. The van der Waals surface area contributed by atoms with Gasteiger partial charge in [-0.15, -0.1) is 0 Å². The third-order valence-electron chi connectivity index (χ3n) is 2.75. The minimum Gasteiger partial charge on any atom is -0.479 e. The number of aryl methyl sites for hydroxylation is 2. The van der Waals surface area contributed by atoms with Gasteiger partial charge in [0.25, 0.3) is 0 Å². The van der Waals surface area contributed by atoms with E-state index in [1.807, 2.05) is 25.1 Å². The van der Waals surface area contributed by atoms with Crippen molar-refractivity contribution < 1.29 is 15.0 Å². The van der Waals surface area contributed by atoms with Crippen LogP contribution in [-0.2, 0) is 11.8 Å². The Bertz CT molecular complexity index is 557. The van der Waals surface area contributed by atoms with Crippen molar-refractivity contribution in [2.45, 2.75) is 13.0 Å². The van der Waals surface area contributed by atoms with Crippen molar-refractivity contribution in [3.05, 3.63) is 35.5 Å². The Morgan fingerprint density at radius 1 is 1.38 bits per heavy atom. The van der Waals surface area contributed by atoms with Crippen LogP contribution in [0, 0.1) is 6.92 Å². The number of carboxylic acid groups (broad SMARTS) is 1. The van der Waals surface area contributed by atoms with Crippen LogP contribution in [0.25, 0.3) is 10.9 Å². The van der Waals surface area contributed by atoms with Crippen molar-refractivity contribution in [3.63, 3.8) is 0 Å². The number of benzene rings is 1. The zero-order chi connectivity index (χ0) is 11.9. The van der Waals surface area contributed by atoms with Gasteiger partial charge in [-0.25, -0.2) is 4.79 Å². The van der Waals surface area contributed by atoms with Gasteiger partial charge in [-0.2, -0.15) is 0 Å². The lowest BCUT2D eigenvalue weighted by Gasteiger charge is -2.07. The van der Waals surface area contributed by atoms with Crippen molar-refractivity contribution in [2.24, 2.45) is 7.05 Å². The smallest absolute Gasteiger partial charge is 0.338 e. The molecule has 1 aromatic heterocycles. The fraction of sp³-hybridized carbons (Fsp3) is 0.250. The van der Waals surface area contributed by atoms with Crippen LogP contribution >= 0.6 is 0 Å². The molecule has 1 unspecified atom stereocenters. The molecular formula is C12H13NO3. The van der Waals surface area contributed by atoms with Gasteiger partial charge in [-0.1, -0.05) is 11.6 Å². The Labute approximate surface area is 92.7 Å². The molecular weight excluding hydrogens is 206 g/mol. The van der Waals surface area contributed by atoms with E-state index in [0.717, 1.165) is 16.5 Å². The maximum absolute atomic E-state index is 10.7. The third-order valence-corrected chi connectivity index (χ3v) is 2.75. The van der Waals surface area contributed by atoms with Crippen LogP contribution in [0.15, 0.2) is 24.3 Å². The molecule has 0 fully saturated rings. The maximum atomic E-state index is 10.7. The van der Waals surface area contributed by atoms with Crippen molar-refractivity contribution in [1.29, 1.82) is 0 Å². The third kappa shape index (κ3) is 1.57. The Morgan fingerprint density at radius 3 is 2.69 bits per heavy atom. The summed E-state index contributed by atoms with van der Waals surface area (Å²) in [6.45, 7) is 1.97. The molecule has 0 saturated carbocycles. The molecule has 0 bridgehead atoms. The number of hydrogen-bond acceptors (Lipinski definition) is 2. The minimum atomic E-state index is -1.47. The van der Waals surface area contributed by atoms with Crippen molar-refractivity contribution in [3.8, 4) is 0 Å². The standard InChI is InChI=1S/C12H13NO3/c1-7-3-4-9-8(5-7)6-10(13(9)2)11(14)12(15)16/h3-6,11,14H,1-2H3,(H,15,16). The number of aliphatic hydroxyl groups excluding tert-OH is 1. The Kier molecular flexibility index (Phi) is 2.44. The maximum Gasteiger partial charge on any atom is 0.338 e. The van der Waals surface area contributed by atoms with Crippen LogP contribution in [0.4, 0.5) is 0 Å². The van der Waals surface area contributed by atoms with E-state index in [4.69, 9.17) is 5.11 Å². The summed E-state index contributed by atoms with van der Waals surface area (Å²) in [5.41, 5.74) is 2.42. The summed E-state index contributed by atoms with van der Waals surface area (Å²) in [6, 6.07) is 7.55. The Balaban J connectivity index is 2.64. The quantitative estimate of drug-likeness (QED) is 0.806. The second-order valence-electron chi connectivity index (χ2n) is 3.93. The lowest BCUT2D eigenvalue weighted by Crippen LogP contribution is -2.13. The second-order valence-corrected chi connectivity index (χ2v) is 3.93. The summed E-state index contributed by atoms with van der Waals surface area (Å²) in [5.74, 6) is -1.23. The molecule has 0 aliphatic carbocycles. The number of carbonyl (C=O) groups is 1. The highest BCUT2D eigenvalue weighted by molar-refractivity contribution is 5.84. The predicted molar refractivity (Wildman–Crippen MR) is 60.3 cm³/mol. The fourth-order valence-corrected chi connectivity index (χ4v) is 1.88. The first-order valence-electron chi connectivity index (χ1n) is 4.97. The highest BCUT2D eigenvalue weighted by Crippen LogP contribution is 2.24. The van der Waals surface area contributed by atoms with Crippen LogP contribution in [-0.4, -0.2) is 20.7 Å². The van der Waals surface area contributed by atoms with Gasteiger partial charge in [0.15, 0.2) is 6.10 Å². The average molecular weight is 219 g/mol. The van der Waals surface area contributed by atoms with Crippen LogP contribution < -0.4 is 0 Å². The lowest BCUT2D eigenvalue weighted by atomic mass is 10.2. The molecule has 1 aromatic carbocycles. The summed E-state index contributed by atoms with van der Waals surface area (Å²) in [7, 11) is 1.75. The number of rotatable bonds is 2. The molecule has 16 heavy (non-hydrogen) atoms. The van der Waals surface area contributed by atoms with Gasteiger partial charge in [-0.3, -0.25) is 0 Å². The number of aliphatic carboxylic acids is 1. The molecule has 84 valence electrons. The second kappa shape index (κ2) is 3.64. The zero-order valence-corrected chi connectivity index (χ0v) is 9.14. The monoisotopic (exact) mass is 219 g/mol. The van der Waals surface area contributed by atoms with E-state index in [1.165, 1.54) is 0 Å². The Morgan fingerprint density at radius 2 is 2.06 bits per heavy atom. The molecule has 2 rings (SSSR count). The molecule has 4 nitrogen and oxygen atoms in total. The van der Waals surface area contributed by atoms with Crippen LogP contribution in [0.3, 0.4) is 0 Å². The summed E-state index contributed by atoms with van der Waals surface area (Å²) in [5, 5.41) is 19.2. The van der Waals surface area contributed by atoms with Crippen molar-refractivity contribution in [1.82, 2.24) is 4.57 Å². The normalized spacial score (nSPS) is 12.9. The van der Waals surface area contributed by atoms with Gasteiger partial charge >= 0.3 is 5.97 Å². The summed E-state index contributed by atoms with van der Waals surface area (Å²) in [6.07, 6.45) is -1.47. The molecule has 2 N–H and O–H groups in total. The van der Waals surface area contributed by atoms with E-state index in [0.29, 0.717) is 5.69 Å². The zero-order valence-electron chi connectivity index (χ0n) is 9.14. The molecule has 0 saturated heterocycles. The number of fused-ring (bicyclic) bond motifs is 1. The van der Waals surface area contributed by atoms with E-state index in [-0.39, 0.29) is 0 Å². The first-order chi connectivity index (χ1) is 7.50. The lowest BCUT2D eigenvalue weighted by molar-refractivity contribution is -0.147. The van der Waals surface area contributed by atoms with Gasteiger partial charge in [0.2, 0.25) is 0 Å². The summed E-state index contributed by atoms with van der Waals surface area (Å²) >= 11 is 0. The minimum absolute atomic E-state index is 0.396. The predicted octanol–water partition coefficient (Wildman–Crippen LogP) is 1.60. The molecule has 0 amide bonds. The van der Waals surface area contributed by atoms with E-state index in [1.54, 1.807) is 17.7 Å². The summed E-state index contributed by atoms with van der Waals surface area (Å²) in [4.78, 5) is 10.7. The van der Waals surface area contributed by atoms with Gasteiger partial charge in [0.1, 0.15) is 0 Å². The van der Waals surface area contributed by atoms with E-state index < -0.39 is 12.1 Å². The average Bonchev–Trinajstić information content (AvgIpc) is 2.54. The van der Waals surface area contributed by atoms with E-state index >= 15 is 0 Å². The largest absolute Gasteiger partial charge is 0.479 e. The molecule has 0 spiro atoms. The van der Waals surface area contributed by atoms with Gasteiger partial charge in [-0.05, 0) is 25.1 Å². The van der Waals surface area contributed by atoms with Gasteiger partial charge in [0.05, 0.1) is 5.69 Å². The van der Waals surface area contributed by atoms with Crippen molar-refractivity contribution in [2.75, 3.05) is 0 Å². The molecule has 0 aliphatic heterocycles. The van der Waals surface area contributed by atoms with Crippen LogP contribution in [0.2, 0.25) is 0 Å². The van der Waals surface area contributed by atoms with Gasteiger partial charge < -0.3 is 14.8 Å². The number of carboxylic acids is 1. The Hall–Kier alpha value is -1.81. The van der Waals surface area contributed by atoms with Crippen LogP contribution in [0.1, 0.15) is 17.4 Å². The molecule has 4 heteroatoms. The fourth-order valence-electron chi connectivity index (χ4n) is 1.88. The molecule has 0 radical (unpaired) electrons. The first kappa shape index (κ1) is 10.7. The number of nitrogens with zero attached hydrogens (tertiary/aromatic N) is 1. The SMILES string of the molecule is Cc1ccc2c(c1)cc(C(O)C(=O)O)n2C. The van der Waals surface area contributed by atoms with Crippen LogP contribution in [0.5, 0.6) is 0 Å². The van der Waals surface area contributed by atoms with E-state index in [9.17, 15) is 9.90 Å². The number of hydrogen-bond donors (Lipinski definition) is 2.